The lowest BCUT2D eigenvalue weighted by Crippen LogP contribution is -2.49. The second kappa shape index (κ2) is 10.7. The molecular formula is C26H30N2O7. The molecule has 35 heavy (non-hydrogen) atoms. The molecule has 0 spiro atoms. The average molecular weight is 483 g/mol. The Labute approximate surface area is 203 Å². The molecule has 0 aromatic heterocycles. The lowest BCUT2D eigenvalue weighted by Gasteiger charge is -2.43. The molecule has 0 heterocycles. The molecule has 9 nitrogen and oxygen atoms in total. The lowest BCUT2D eigenvalue weighted by molar-refractivity contribution is -0.384. The van der Waals surface area contributed by atoms with E-state index in [-0.39, 0.29) is 30.9 Å². The van der Waals surface area contributed by atoms with Gasteiger partial charge in [-0.25, -0.2) is 4.79 Å². The molecule has 0 radical (unpaired) electrons. The van der Waals surface area contributed by atoms with E-state index >= 15 is 0 Å². The van der Waals surface area contributed by atoms with E-state index in [1.807, 2.05) is 31.2 Å². The van der Waals surface area contributed by atoms with Crippen molar-refractivity contribution >= 4 is 23.3 Å². The Morgan fingerprint density at radius 3 is 2.40 bits per heavy atom. The van der Waals surface area contributed by atoms with Gasteiger partial charge in [-0.3, -0.25) is 14.9 Å². The van der Waals surface area contributed by atoms with Crippen molar-refractivity contribution in [1.29, 1.82) is 0 Å². The number of ether oxygens (including phenoxy) is 2. The Bertz CT molecular complexity index is 1140. The van der Waals surface area contributed by atoms with Gasteiger partial charge in [0.2, 0.25) is 0 Å². The quantitative estimate of drug-likeness (QED) is 0.325. The molecule has 0 fully saturated rings. The van der Waals surface area contributed by atoms with Crippen molar-refractivity contribution in [2.24, 2.45) is 5.92 Å². The molecule has 1 aliphatic carbocycles. The number of nitrogens with one attached hydrogen (secondary N) is 1. The van der Waals surface area contributed by atoms with Crippen LogP contribution in [0.2, 0.25) is 0 Å². The summed E-state index contributed by atoms with van der Waals surface area (Å²) >= 11 is 0. The number of anilines is 1. The predicted molar refractivity (Wildman–Crippen MR) is 130 cm³/mol. The normalized spacial score (nSPS) is 21.9. The number of rotatable bonds is 8. The van der Waals surface area contributed by atoms with E-state index in [4.69, 9.17) is 9.47 Å². The van der Waals surface area contributed by atoms with Crippen LogP contribution in [0.5, 0.6) is 0 Å². The Balaban J connectivity index is 2.28. The fraction of sp³-hybridized carbons (Fsp3) is 0.385. The summed E-state index contributed by atoms with van der Waals surface area (Å²) in [5.74, 6) is -3.63. The highest BCUT2D eigenvalue weighted by atomic mass is 16.6. The minimum atomic E-state index is -1.63. The first kappa shape index (κ1) is 25.9. The Kier molecular flexibility index (Phi) is 7.91. The van der Waals surface area contributed by atoms with E-state index in [1.54, 1.807) is 19.9 Å². The number of benzene rings is 2. The molecule has 0 amide bonds. The molecule has 3 rings (SSSR count). The van der Waals surface area contributed by atoms with E-state index in [1.165, 1.54) is 25.1 Å². The average Bonchev–Trinajstić information content (AvgIpc) is 2.79. The summed E-state index contributed by atoms with van der Waals surface area (Å²) < 4.78 is 10.6. The molecule has 186 valence electrons. The standard InChI is InChI=1S/C26H30N2O7/c1-5-34-24(29)22-20(27-18-12-10-16(3)11-13-18)15-26(4,31)23(25(30)35-6-2)21(22)17-8-7-9-19(14-17)28(32)33/h7-14,21,23,27,31H,5-6,15H2,1-4H3/t21-,23-,26-/m0/s1. The zero-order valence-corrected chi connectivity index (χ0v) is 20.2. The van der Waals surface area contributed by atoms with E-state index in [9.17, 15) is 24.8 Å². The second-order valence-electron chi connectivity index (χ2n) is 8.70. The van der Waals surface area contributed by atoms with Crippen LogP contribution in [0, 0.1) is 23.0 Å². The van der Waals surface area contributed by atoms with Gasteiger partial charge < -0.3 is 19.9 Å². The number of nitro benzene ring substituents is 1. The fourth-order valence-electron chi connectivity index (χ4n) is 4.47. The molecule has 9 heteroatoms. The van der Waals surface area contributed by atoms with Crippen LogP contribution in [0.15, 0.2) is 59.8 Å². The summed E-state index contributed by atoms with van der Waals surface area (Å²) in [5, 5.41) is 26.2. The second-order valence-corrected chi connectivity index (χ2v) is 8.70. The number of nitrogens with zero attached hydrogens (tertiary/aromatic N) is 1. The zero-order chi connectivity index (χ0) is 25.8. The summed E-state index contributed by atoms with van der Waals surface area (Å²) in [7, 11) is 0. The molecule has 0 bridgehead atoms. The number of carbonyl (C=O) groups excluding carboxylic acids is 2. The van der Waals surface area contributed by atoms with Crippen LogP contribution in [-0.4, -0.2) is 40.8 Å². The van der Waals surface area contributed by atoms with Crippen molar-refractivity contribution in [2.75, 3.05) is 18.5 Å². The van der Waals surface area contributed by atoms with Gasteiger partial charge in [-0.05, 0) is 45.4 Å². The van der Waals surface area contributed by atoms with Crippen molar-refractivity contribution in [2.45, 2.75) is 45.6 Å². The predicted octanol–water partition coefficient (Wildman–Crippen LogP) is 4.25. The molecule has 2 N–H and O–H groups in total. The SMILES string of the molecule is CCOC(=O)C1=C(Nc2ccc(C)cc2)C[C@](C)(O)[C@H](C(=O)OCC)[C@H]1c1cccc([N+](=O)[O-])c1. The van der Waals surface area contributed by atoms with Crippen LogP contribution in [0.1, 0.15) is 44.2 Å². The Hall–Kier alpha value is -3.72. The third-order valence-corrected chi connectivity index (χ3v) is 6.00. The fourth-order valence-corrected chi connectivity index (χ4v) is 4.47. The number of aliphatic hydroxyl groups is 1. The van der Waals surface area contributed by atoms with Gasteiger partial charge in [0.15, 0.2) is 0 Å². The molecule has 1 aliphatic rings. The molecule has 2 aromatic rings. The minimum Gasteiger partial charge on any atom is -0.466 e. The van der Waals surface area contributed by atoms with Crippen LogP contribution >= 0.6 is 0 Å². The van der Waals surface area contributed by atoms with Gasteiger partial charge in [-0.2, -0.15) is 0 Å². The maximum atomic E-state index is 13.3. The summed E-state index contributed by atoms with van der Waals surface area (Å²) in [6.07, 6.45) is -0.0655. The number of hydrogen-bond donors (Lipinski definition) is 2. The third-order valence-electron chi connectivity index (χ3n) is 6.00. The number of esters is 2. The highest BCUT2D eigenvalue weighted by molar-refractivity contribution is 5.94. The number of nitro groups is 1. The van der Waals surface area contributed by atoms with Crippen LogP contribution in [0.3, 0.4) is 0 Å². The van der Waals surface area contributed by atoms with E-state index in [0.29, 0.717) is 16.9 Å². The first-order valence-electron chi connectivity index (χ1n) is 11.5. The maximum absolute atomic E-state index is 13.3. The first-order valence-corrected chi connectivity index (χ1v) is 11.5. The lowest BCUT2D eigenvalue weighted by atomic mass is 9.65. The smallest absolute Gasteiger partial charge is 0.336 e. The summed E-state index contributed by atoms with van der Waals surface area (Å²) in [4.78, 5) is 37.4. The molecule has 0 saturated carbocycles. The van der Waals surface area contributed by atoms with Gasteiger partial charge in [0.1, 0.15) is 0 Å². The molecule has 0 aliphatic heterocycles. The highest BCUT2D eigenvalue weighted by Gasteiger charge is 2.52. The summed E-state index contributed by atoms with van der Waals surface area (Å²) in [6.45, 7) is 6.90. The van der Waals surface area contributed by atoms with E-state index < -0.39 is 34.3 Å². The van der Waals surface area contributed by atoms with Gasteiger partial charge in [0.05, 0.1) is 35.2 Å². The van der Waals surface area contributed by atoms with Crippen LogP contribution < -0.4 is 5.32 Å². The van der Waals surface area contributed by atoms with Crippen molar-refractivity contribution in [3.63, 3.8) is 0 Å². The zero-order valence-electron chi connectivity index (χ0n) is 20.2. The maximum Gasteiger partial charge on any atom is 0.336 e. The van der Waals surface area contributed by atoms with Gasteiger partial charge in [-0.1, -0.05) is 29.8 Å². The summed E-state index contributed by atoms with van der Waals surface area (Å²) in [5.41, 5.74) is 0.699. The van der Waals surface area contributed by atoms with Crippen LogP contribution in [-0.2, 0) is 19.1 Å². The minimum absolute atomic E-state index is 0.0655. The van der Waals surface area contributed by atoms with Crippen molar-refractivity contribution in [3.8, 4) is 0 Å². The van der Waals surface area contributed by atoms with Gasteiger partial charge in [-0.15, -0.1) is 0 Å². The van der Waals surface area contributed by atoms with Gasteiger partial charge >= 0.3 is 11.9 Å². The Morgan fingerprint density at radius 1 is 1.14 bits per heavy atom. The van der Waals surface area contributed by atoms with Crippen molar-refractivity contribution in [1.82, 2.24) is 0 Å². The van der Waals surface area contributed by atoms with Crippen LogP contribution in [0.25, 0.3) is 0 Å². The van der Waals surface area contributed by atoms with Crippen molar-refractivity contribution < 1.29 is 29.1 Å². The monoisotopic (exact) mass is 482 g/mol. The molecule has 0 saturated heterocycles. The van der Waals surface area contributed by atoms with Crippen molar-refractivity contribution in [3.05, 3.63) is 81.0 Å². The number of aryl methyl sites for hydroxylation is 1. The third kappa shape index (κ3) is 5.68. The molecule has 2 aromatic carbocycles. The number of non-ortho nitro benzene ring substituents is 1. The topological polar surface area (TPSA) is 128 Å². The number of hydrogen-bond acceptors (Lipinski definition) is 8. The Morgan fingerprint density at radius 2 is 1.80 bits per heavy atom. The molecule has 0 unspecified atom stereocenters. The number of carbonyl (C=O) groups is 2. The largest absolute Gasteiger partial charge is 0.466 e. The molecule has 3 atom stereocenters. The summed E-state index contributed by atoms with van der Waals surface area (Å²) in [6, 6.07) is 13.2. The highest BCUT2D eigenvalue weighted by Crippen LogP contribution is 2.48. The van der Waals surface area contributed by atoms with E-state index in [0.717, 1.165) is 5.56 Å². The molecular weight excluding hydrogens is 452 g/mol. The van der Waals surface area contributed by atoms with E-state index in [2.05, 4.69) is 5.32 Å². The first-order chi connectivity index (χ1) is 16.6. The van der Waals surface area contributed by atoms with Crippen LogP contribution in [0.4, 0.5) is 11.4 Å². The van der Waals surface area contributed by atoms with Gasteiger partial charge in [0.25, 0.3) is 5.69 Å². The van der Waals surface area contributed by atoms with Gasteiger partial charge in [0, 0.05) is 35.9 Å².